The quantitative estimate of drug-likeness (QED) is 0.272. The number of rotatable bonds is 7. The molecule has 5 heterocycles. The number of fused-ring (bicyclic) bond motifs is 2. The number of sulfonamides is 1. The van der Waals surface area contributed by atoms with E-state index in [0.717, 1.165) is 69.0 Å². The summed E-state index contributed by atoms with van der Waals surface area (Å²) < 4.78 is 67.3. The highest BCUT2D eigenvalue weighted by Gasteiger charge is 2.31. The normalized spacial score (nSPS) is 17.2. The van der Waals surface area contributed by atoms with Gasteiger partial charge < -0.3 is 19.9 Å². The van der Waals surface area contributed by atoms with E-state index in [2.05, 4.69) is 42.0 Å². The topological polar surface area (TPSA) is 138 Å². The highest BCUT2D eigenvalue weighted by atomic mass is 32.2. The van der Waals surface area contributed by atoms with Gasteiger partial charge in [-0.1, -0.05) is 6.07 Å². The summed E-state index contributed by atoms with van der Waals surface area (Å²) in [6.45, 7) is 2.20. The lowest BCUT2D eigenvalue weighted by molar-refractivity contribution is -0.137. The van der Waals surface area contributed by atoms with Gasteiger partial charge in [-0.3, -0.25) is 0 Å². The Hall–Kier alpha value is -3.82. The first-order valence-corrected chi connectivity index (χ1v) is 15.1. The number of pyridine rings is 1. The minimum Gasteiger partial charge on any atom is -0.376 e. The number of hydrogen-bond acceptors (Lipinski definition) is 9. The molecule has 4 aromatic rings. The number of imidazole rings is 1. The summed E-state index contributed by atoms with van der Waals surface area (Å²) in [6.07, 6.45) is 0.601. The van der Waals surface area contributed by atoms with Crippen molar-refractivity contribution in [1.29, 1.82) is 0 Å². The molecule has 0 aliphatic carbocycles. The Morgan fingerprint density at radius 3 is 2.57 bits per heavy atom. The van der Waals surface area contributed by atoms with Gasteiger partial charge in [0.15, 0.2) is 17.0 Å². The van der Waals surface area contributed by atoms with Gasteiger partial charge in [0.2, 0.25) is 10.0 Å². The number of nitrogens with one attached hydrogen (secondary N) is 2. The smallest absolute Gasteiger partial charge is 0.376 e. The molecule has 0 amide bonds. The summed E-state index contributed by atoms with van der Waals surface area (Å²) in [5, 5.41) is 13.9. The van der Waals surface area contributed by atoms with Crippen molar-refractivity contribution >= 4 is 32.8 Å². The van der Waals surface area contributed by atoms with Crippen LogP contribution in [0.1, 0.15) is 42.0 Å². The number of piperidine rings is 1. The van der Waals surface area contributed by atoms with E-state index >= 15 is 0 Å². The second-order valence-corrected chi connectivity index (χ2v) is 12.2. The third kappa shape index (κ3) is 5.76. The van der Waals surface area contributed by atoms with Crippen molar-refractivity contribution in [3.8, 4) is 0 Å². The molecule has 11 nitrogen and oxygen atoms in total. The first-order valence-electron chi connectivity index (χ1n) is 13.6. The fourth-order valence-corrected chi connectivity index (χ4v) is 6.55. The zero-order chi connectivity index (χ0) is 29.5. The highest BCUT2D eigenvalue weighted by Crippen LogP contribution is 2.33. The zero-order valence-electron chi connectivity index (χ0n) is 22.4. The van der Waals surface area contributed by atoms with Crippen LogP contribution in [0.3, 0.4) is 0 Å². The number of alkyl halides is 3. The monoisotopic (exact) mass is 602 g/mol. The average molecular weight is 603 g/mol. The SMILES string of the molecule is O=S(=O)(NC(O)Cn1cnc2c(N3CCC(c4ccc5c(n4)NCCC5)CC3)ncnc21)c1ccc(C(F)(F)F)cc1. The van der Waals surface area contributed by atoms with Crippen LogP contribution in [0, 0.1) is 0 Å². The van der Waals surface area contributed by atoms with E-state index in [0.29, 0.717) is 35.0 Å². The van der Waals surface area contributed by atoms with Gasteiger partial charge in [-0.05, 0) is 61.6 Å². The maximum absolute atomic E-state index is 12.8. The zero-order valence-corrected chi connectivity index (χ0v) is 23.2. The molecule has 3 N–H and O–H groups in total. The average Bonchev–Trinajstić information content (AvgIpc) is 3.39. The van der Waals surface area contributed by atoms with Gasteiger partial charge in [0.1, 0.15) is 18.4 Å². The molecule has 6 rings (SSSR count). The van der Waals surface area contributed by atoms with Crippen molar-refractivity contribution < 1.29 is 26.7 Å². The molecule has 1 fully saturated rings. The number of halogens is 3. The highest BCUT2D eigenvalue weighted by molar-refractivity contribution is 7.89. The van der Waals surface area contributed by atoms with E-state index in [1.165, 1.54) is 22.8 Å². The molecule has 1 unspecified atom stereocenters. The summed E-state index contributed by atoms with van der Waals surface area (Å²) in [6, 6.07) is 7.33. The van der Waals surface area contributed by atoms with Crippen molar-refractivity contribution in [1.82, 2.24) is 29.2 Å². The first-order chi connectivity index (χ1) is 20.1. The molecule has 1 atom stereocenters. The third-order valence-corrected chi connectivity index (χ3v) is 9.14. The summed E-state index contributed by atoms with van der Waals surface area (Å²) >= 11 is 0. The van der Waals surface area contributed by atoms with Crippen molar-refractivity contribution in [3.63, 3.8) is 0 Å². The van der Waals surface area contributed by atoms with Gasteiger partial charge in [-0.2, -0.15) is 17.9 Å². The fraction of sp³-hybridized carbons (Fsp3) is 0.407. The predicted octanol–water partition coefficient (Wildman–Crippen LogP) is 3.28. The van der Waals surface area contributed by atoms with Gasteiger partial charge in [0, 0.05) is 31.2 Å². The van der Waals surface area contributed by atoms with Crippen molar-refractivity contribution in [3.05, 3.63) is 65.9 Å². The van der Waals surface area contributed by atoms with Crippen molar-refractivity contribution in [2.45, 2.75) is 55.4 Å². The lowest BCUT2D eigenvalue weighted by Gasteiger charge is -2.33. The minimum absolute atomic E-state index is 0.229. The Morgan fingerprint density at radius 2 is 1.83 bits per heavy atom. The molecule has 222 valence electrons. The number of anilines is 2. The van der Waals surface area contributed by atoms with Crippen molar-refractivity contribution in [2.75, 3.05) is 29.9 Å². The molecule has 0 radical (unpaired) electrons. The second kappa shape index (κ2) is 11.1. The molecular weight excluding hydrogens is 573 g/mol. The van der Waals surface area contributed by atoms with E-state index in [4.69, 9.17) is 4.98 Å². The molecule has 1 saturated heterocycles. The van der Waals surface area contributed by atoms with Crippen LogP contribution in [0.5, 0.6) is 0 Å². The molecule has 0 bridgehead atoms. The fourth-order valence-electron chi connectivity index (χ4n) is 5.49. The summed E-state index contributed by atoms with van der Waals surface area (Å²) in [5.74, 6) is 1.98. The third-order valence-electron chi connectivity index (χ3n) is 7.66. The van der Waals surface area contributed by atoms with E-state index in [-0.39, 0.29) is 6.54 Å². The maximum Gasteiger partial charge on any atom is 0.416 e. The standard InChI is InChI=1S/C27H29F3N8O3S/c28-27(29,30)19-4-6-20(7-5-19)42(40,41)36-22(39)14-38-16-34-23-25(32-15-33-26(23)38)37-12-9-17(10-13-37)21-8-3-18-2-1-11-31-24(18)35-21/h3-8,15-17,22,36,39H,1-2,9-14H2,(H,31,35). The number of nitrogens with zero attached hydrogens (tertiary/aromatic N) is 6. The largest absolute Gasteiger partial charge is 0.416 e. The Balaban J connectivity index is 1.12. The van der Waals surface area contributed by atoms with Crippen LogP contribution in [0.25, 0.3) is 11.2 Å². The molecule has 42 heavy (non-hydrogen) atoms. The van der Waals surface area contributed by atoms with Gasteiger partial charge in [0.05, 0.1) is 23.3 Å². The van der Waals surface area contributed by atoms with Crippen LogP contribution in [-0.2, 0) is 29.2 Å². The molecule has 2 aliphatic rings. The summed E-state index contributed by atoms with van der Waals surface area (Å²) in [7, 11) is -4.29. The van der Waals surface area contributed by atoms with Crippen LogP contribution in [0.15, 0.2) is 53.9 Å². The predicted molar refractivity (Wildman–Crippen MR) is 148 cm³/mol. The first kappa shape index (κ1) is 28.3. The van der Waals surface area contributed by atoms with E-state index in [1.807, 2.05) is 0 Å². The molecule has 0 spiro atoms. The lowest BCUT2D eigenvalue weighted by atomic mass is 9.92. The van der Waals surface area contributed by atoms with Crippen LogP contribution in [0.4, 0.5) is 24.8 Å². The molecule has 2 aliphatic heterocycles. The molecule has 3 aromatic heterocycles. The van der Waals surface area contributed by atoms with E-state index in [9.17, 15) is 26.7 Å². The number of aryl methyl sites for hydroxylation is 1. The second-order valence-electron chi connectivity index (χ2n) is 10.5. The molecule has 1 aromatic carbocycles. The van der Waals surface area contributed by atoms with Gasteiger partial charge in [-0.25, -0.2) is 28.4 Å². The number of hydrogen-bond donors (Lipinski definition) is 3. The van der Waals surface area contributed by atoms with Crippen molar-refractivity contribution in [2.24, 2.45) is 0 Å². The Bertz CT molecular complexity index is 1690. The Labute approximate surface area is 239 Å². The van der Waals surface area contributed by atoms with Crippen LogP contribution in [-0.4, -0.2) is 63.9 Å². The van der Waals surface area contributed by atoms with E-state index < -0.39 is 32.9 Å². The van der Waals surface area contributed by atoms with Crippen LogP contribution < -0.4 is 14.9 Å². The maximum atomic E-state index is 12.8. The Kier molecular flexibility index (Phi) is 7.49. The summed E-state index contributed by atoms with van der Waals surface area (Å²) in [5.41, 5.74) is 2.31. The van der Waals surface area contributed by atoms with E-state index in [1.54, 1.807) is 0 Å². The number of aliphatic hydroxyl groups is 1. The Morgan fingerprint density at radius 1 is 1.07 bits per heavy atom. The molecular formula is C27H29F3N8O3S. The van der Waals surface area contributed by atoms with Gasteiger partial charge in [0.25, 0.3) is 0 Å². The molecule has 15 heteroatoms. The lowest BCUT2D eigenvalue weighted by Crippen LogP contribution is -2.37. The minimum atomic E-state index is -4.59. The van der Waals surface area contributed by atoms with Crippen LogP contribution in [0.2, 0.25) is 0 Å². The molecule has 0 saturated carbocycles. The number of aromatic nitrogens is 5. The number of benzene rings is 1. The van der Waals surface area contributed by atoms with Gasteiger partial charge >= 0.3 is 6.18 Å². The summed E-state index contributed by atoms with van der Waals surface area (Å²) in [4.78, 5) is 19.8. The van der Waals surface area contributed by atoms with Crippen LogP contribution >= 0.6 is 0 Å². The number of aliphatic hydroxyl groups excluding tert-OH is 1. The van der Waals surface area contributed by atoms with Gasteiger partial charge in [-0.15, -0.1) is 0 Å².